The summed E-state index contributed by atoms with van der Waals surface area (Å²) in [7, 11) is -3.55. The molecule has 5 nitrogen and oxygen atoms in total. The Kier molecular flexibility index (Phi) is 4.92. The quantitative estimate of drug-likeness (QED) is 0.894. The SMILES string of the molecule is Cc1ccc(S(=O)(=O)NCc2ccc(N3CCCC3=O)cc2)c(C)c1. The predicted octanol–water partition coefficient (Wildman–Crippen LogP) is 2.91. The summed E-state index contributed by atoms with van der Waals surface area (Å²) in [6.07, 6.45) is 1.48. The molecule has 0 aliphatic carbocycles. The summed E-state index contributed by atoms with van der Waals surface area (Å²) >= 11 is 0. The van der Waals surface area contributed by atoms with E-state index >= 15 is 0 Å². The summed E-state index contributed by atoms with van der Waals surface area (Å²) in [5.41, 5.74) is 3.48. The fraction of sp³-hybridized carbons (Fsp3) is 0.316. The van der Waals surface area contributed by atoms with Crippen LogP contribution in [-0.2, 0) is 21.4 Å². The fourth-order valence-electron chi connectivity index (χ4n) is 3.07. The molecular formula is C19H22N2O3S. The number of amides is 1. The number of nitrogens with zero attached hydrogens (tertiary/aromatic N) is 1. The fourth-order valence-corrected chi connectivity index (χ4v) is 4.31. The second kappa shape index (κ2) is 6.98. The first kappa shape index (κ1) is 17.6. The van der Waals surface area contributed by atoms with Gasteiger partial charge in [-0.3, -0.25) is 4.79 Å². The molecule has 25 heavy (non-hydrogen) atoms. The Hall–Kier alpha value is -2.18. The van der Waals surface area contributed by atoms with E-state index in [9.17, 15) is 13.2 Å². The van der Waals surface area contributed by atoms with Crippen LogP contribution in [0.1, 0.15) is 29.5 Å². The highest BCUT2D eigenvalue weighted by Gasteiger charge is 2.21. The molecule has 0 radical (unpaired) electrons. The third kappa shape index (κ3) is 3.91. The monoisotopic (exact) mass is 358 g/mol. The van der Waals surface area contributed by atoms with Gasteiger partial charge < -0.3 is 4.90 Å². The van der Waals surface area contributed by atoms with Crippen LogP contribution in [-0.4, -0.2) is 20.9 Å². The Morgan fingerprint density at radius 1 is 1.08 bits per heavy atom. The van der Waals surface area contributed by atoms with E-state index in [1.807, 2.05) is 37.3 Å². The lowest BCUT2D eigenvalue weighted by atomic mass is 10.2. The highest BCUT2D eigenvalue weighted by Crippen LogP contribution is 2.22. The van der Waals surface area contributed by atoms with Gasteiger partial charge in [0.2, 0.25) is 15.9 Å². The van der Waals surface area contributed by atoms with Crippen LogP contribution in [0.4, 0.5) is 5.69 Å². The van der Waals surface area contributed by atoms with Crippen LogP contribution in [0, 0.1) is 13.8 Å². The highest BCUT2D eigenvalue weighted by molar-refractivity contribution is 7.89. The van der Waals surface area contributed by atoms with Crippen molar-refractivity contribution in [2.24, 2.45) is 0 Å². The largest absolute Gasteiger partial charge is 0.312 e. The number of hydrogen-bond donors (Lipinski definition) is 1. The van der Waals surface area contributed by atoms with Crippen molar-refractivity contribution in [3.8, 4) is 0 Å². The van der Waals surface area contributed by atoms with Crippen LogP contribution in [0.25, 0.3) is 0 Å². The minimum atomic E-state index is -3.55. The molecule has 0 bridgehead atoms. The molecule has 1 N–H and O–H groups in total. The van der Waals surface area contributed by atoms with E-state index in [0.29, 0.717) is 11.3 Å². The lowest BCUT2D eigenvalue weighted by Gasteiger charge is -2.16. The second-order valence-corrected chi connectivity index (χ2v) is 8.14. The van der Waals surface area contributed by atoms with Crippen molar-refractivity contribution in [2.45, 2.75) is 38.1 Å². The van der Waals surface area contributed by atoms with Gasteiger partial charge in [-0.15, -0.1) is 0 Å². The van der Waals surface area contributed by atoms with Gasteiger partial charge in [-0.05, 0) is 49.6 Å². The van der Waals surface area contributed by atoms with E-state index in [1.165, 1.54) is 0 Å². The van der Waals surface area contributed by atoms with Crippen LogP contribution in [0.15, 0.2) is 47.4 Å². The summed E-state index contributed by atoms with van der Waals surface area (Å²) < 4.78 is 27.6. The van der Waals surface area contributed by atoms with Crippen molar-refractivity contribution < 1.29 is 13.2 Å². The predicted molar refractivity (Wildman–Crippen MR) is 98.0 cm³/mol. The van der Waals surface area contributed by atoms with Crippen molar-refractivity contribution in [1.82, 2.24) is 4.72 Å². The molecular weight excluding hydrogens is 336 g/mol. The van der Waals surface area contributed by atoms with E-state index in [1.54, 1.807) is 24.0 Å². The van der Waals surface area contributed by atoms with Crippen LogP contribution in [0.5, 0.6) is 0 Å². The van der Waals surface area contributed by atoms with Crippen molar-refractivity contribution >= 4 is 21.6 Å². The molecule has 1 heterocycles. The van der Waals surface area contributed by atoms with E-state index < -0.39 is 10.0 Å². The molecule has 0 saturated carbocycles. The minimum absolute atomic E-state index is 0.142. The van der Waals surface area contributed by atoms with Gasteiger partial charge in [0.05, 0.1) is 4.90 Å². The lowest BCUT2D eigenvalue weighted by Crippen LogP contribution is -2.25. The molecule has 0 atom stereocenters. The number of rotatable bonds is 5. The first-order valence-electron chi connectivity index (χ1n) is 8.33. The average Bonchev–Trinajstić information content (AvgIpc) is 2.99. The lowest BCUT2D eigenvalue weighted by molar-refractivity contribution is -0.117. The summed E-state index contributed by atoms with van der Waals surface area (Å²) in [6.45, 7) is 4.69. The van der Waals surface area contributed by atoms with Crippen LogP contribution >= 0.6 is 0 Å². The molecule has 0 aromatic heterocycles. The van der Waals surface area contributed by atoms with Crippen molar-refractivity contribution in [3.63, 3.8) is 0 Å². The van der Waals surface area contributed by atoms with Gasteiger partial charge in [-0.25, -0.2) is 13.1 Å². The number of carbonyl (C=O) groups excluding carboxylic acids is 1. The summed E-state index contributed by atoms with van der Waals surface area (Å²) in [5, 5.41) is 0. The standard InChI is InChI=1S/C19H22N2O3S/c1-14-5-10-18(15(2)12-14)25(23,24)20-13-16-6-8-17(9-7-16)21-11-3-4-19(21)22/h5-10,12,20H,3-4,11,13H2,1-2H3. The van der Waals surface area contributed by atoms with E-state index in [2.05, 4.69) is 4.72 Å². The Labute approximate surface area is 148 Å². The molecule has 0 unspecified atom stereocenters. The molecule has 1 saturated heterocycles. The molecule has 1 aliphatic heterocycles. The molecule has 132 valence electrons. The topological polar surface area (TPSA) is 66.5 Å². The summed E-state index contributed by atoms with van der Waals surface area (Å²) in [6, 6.07) is 12.7. The highest BCUT2D eigenvalue weighted by atomic mass is 32.2. The number of aryl methyl sites for hydroxylation is 2. The number of sulfonamides is 1. The Balaban J connectivity index is 1.69. The first-order chi connectivity index (χ1) is 11.9. The molecule has 2 aromatic carbocycles. The second-order valence-electron chi connectivity index (χ2n) is 6.41. The molecule has 1 aliphatic rings. The van der Waals surface area contributed by atoms with Gasteiger partial charge in [-0.2, -0.15) is 0 Å². The van der Waals surface area contributed by atoms with Gasteiger partial charge in [0.15, 0.2) is 0 Å². The van der Waals surface area contributed by atoms with Gasteiger partial charge in [0, 0.05) is 25.2 Å². The zero-order valence-corrected chi connectivity index (χ0v) is 15.3. The van der Waals surface area contributed by atoms with Crippen LogP contribution in [0.3, 0.4) is 0 Å². The van der Waals surface area contributed by atoms with Gasteiger partial charge >= 0.3 is 0 Å². The molecule has 2 aromatic rings. The number of anilines is 1. The Bertz CT molecular complexity index is 889. The first-order valence-corrected chi connectivity index (χ1v) is 9.81. The smallest absolute Gasteiger partial charge is 0.241 e. The van der Waals surface area contributed by atoms with Crippen LogP contribution < -0.4 is 9.62 Å². The Morgan fingerprint density at radius 3 is 2.40 bits per heavy atom. The molecule has 3 rings (SSSR count). The number of nitrogens with one attached hydrogen (secondary N) is 1. The molecule has 1 amide bonds. The number of hydrogen-bond acceptors (Lipinski definition) is 3. The van der Waals surface area contributed by atoms with E-state index in [4.69, 9.17) is 0 Å². The number of benzene rings is 2. The maximum Gasteiger partial charge on any atom is 0.241 e. The molecule has 0 spiro atoms. The minimum Gasteiger partial charge on any atom is -0.312 e. The number of carbonyl (C=O) groups is 1. The molecule has 6 heteroatoms. The van der Waals surface area contributed by atoms with Crippen LogP contribution in [0.2, 0.25) is 0 Å². The molecule has 1 fully saturated rings. The van der Waals surface area contributed by atoms with Crippen molar-refractivity contribution in [2.75, 3.05) is 11.4 Å². The maximum atomic E-state index is 12.5. The zero-order valence-electron chi connectivity index (χ0n) is 14.5. The zero-order chi connectivity index (χ0) is 18.0. The third-order valence-corrected chi connectivity index (χ3v) is 5.97. The third-order valence-electron chi connectivity index (χ3n) is 4.41. The average molecular weight is 358 g/mol. The van der Waals surface area contributed by atoms with E-state index in [-0.39, 0.29) is 12.5 Å². The van der Waals surface area contributed by atoms with Gasteiger partial charge in [-0.1, -0.05) is 29.8 Å². The summed E-state index contributed by atoms with van der Waals surface area (Å²) in [4.78, 5) is 13.8. The van der Waals surface area contributed by atoms with Crippen molar-refractivity contribution in [3.05, 3.63) is 59.2 Å². The summed E-state index contributed by atoms with van der Waals surface area (Å²) in [5.74, 6) is 0.142. The Morgan fingerprint density at radius 2 is 1.80 bits per heavy atom. The normalized spacial score (nSPS) is 15.0. The van der Waals surface area contributed by atoms with Gasteiger partial charge in [0.25, 0.3) is 0 Å². The van der Waals surface area contributed by atoms with E-state index in [0.717, 1.165) is 35.3 Å². The van der Waals surface area contributed by atoms with Crippen molar-refractivity contribution in [1.29, 1.82) is 0 Å². The van der Waals surface area contributed by atoms with Gasteiger partial charge in [0.1, 0.15) is 0 Å². The maximum absolute atomic E-state index is 12.5.